The smallest absolute Gasteiger partial charge is 0.0693 e. The fourth-order valence-electron chi connectivity index (χ4n) is 1.73. The lowest BCUT2D eigenvalue weighted by Gasteiger charge is -2.30. The number of aliphatic hydroxyl groups is 1. The van der Waals surface area contributed by atoms with Crippen LogP contribution in [-0.4, -0.2) is 23.3 Å². The van der Waals surface area contributed by atoms with Gasteiger partial charge in [0, 0.05) is 12.1 Å². The van der Waals surface area contributed by atoms with Crippen molar-refractivity contribution in [1.29, 1.82) is 0 Å². The number of rotatable bonds is 2. The molecule has 11 heavy (non-hydrogen) atoms. The van der Waals surface area contributed by atoms with E-state index < -0.39 is 0 Å². The molecule has 0 amide bonds. The van der Waals surface area contributed by atoms with Crippen LogP contribution in [0.1, 0.15) is 39.5 Å². The van der Waals surface area contributed by atoms with Crippen LogP contribution in [-0.2, 0) is 0 Å². The summed E-state index contributed by atoms with van der Waals surface area (Å²) in [5.74, 6) is 0. The van der Waals surface area contributed by atoms with Gasteiger partial charge in [-0.3, -0.25) is 0 Å². The molecule has 2 heteroatoms. The average Bonchev–Trinajstić information content (AvgIpc) is 1.93. The first-order valence-corrected chi connectivity index (χ1v) is 4.64. The molecule has 0 aromatic heterocycles. The summed E-state index contributed by atoms with van der Waals surface area (Å²) >= 11 is 0. The minimum Gasteiger partial charge on any atom is -0.392 e. The van der Waals surface area contributed by atoms with Gasteiger partial charge in [0.05, 0.1) is 6.10 Å². The highest BCUT2D eigenvalue weighted by atomic mass is 16.3. The Morgan fingerprint density at radius 3 is 2.45 bits per heavy atom. The van der Waals surface area contributed by atoms with Gasteiger partial charge in [-0.25, -0.2) is 0 Å². The molecule has 1 saturated carbocycles. The molecule has 1 aliphatic carbocycles. The van der Waals surface area contributed by atoms with Gasteiger partial charge in [-0.1, -0.05) is 26.7 Å². The SMILES string of the molecule is CC(C)N[C@@H]1CCCC[C@@H]1O. The molecule has 0 saturated heterocycles. The largest absolute Gasteiger partial charge is 0.392 e. The summed E-state index contributed by atoms with van der Waals surface area (Å²) in [4.78, 5) is 0. The predicted octanol–water partition coefficient (Wildman–Crippen LogP) is 1.29. The highest BCUT2D eigenvalue weighted by Crippen LogP contribution is 2.18. The Morgan fingerprint density at radius 2 is 1.91 bits per heavy atom. The van der Waals surface area contributed by atoms with Gasteiger partial charge < -0.3 is 10.4 Å². The number of aliphatic hydroxyl groups excluding tert-OH is 1. The highest BCUT2D eigenvalue weighted by Gasteiger charge is 2.22. The molecule has 1 fully saturated rings. The van der Waals surface area contributed by atoms with E-state index in [0.717, 1.165) is 12.8 Å². The van der Waals surface area contributed by atoms with Crippen LogP contribution in [0.25, 0.3) is 0 Å². The third-order valence-corrected chi connectivity index (χ3v) is 2.28. The molecule has 66 valence electrons. The third-order valence-electron chi connectivity index (χ3n) is 2.28. The standard InChI is InChI=1S/C9H19NO/c1-7(2)10-8-5-3-4-6-9(8)11/h7-11H,3-6H2,1-2H3/t8-,9+/m1/s1. The summed E-state index contributed by atoms with van der Waals surface area (Å²) in [5, 5.41) is 12.9. The number of nitrogens with one attached hydrogen (secondary N) is 1. The monoisotopic (exact) mass is 157 g/mol. The molecular formula is C9H19NO. The summed E-state index contributed by atoms with van der Waals surface area (Å²) in [7, 11) is 0. The topological polar surface area (TPSA) is 32.3 Å². The Labute approximate surface area is 69.0 Å². The van der Waals surface area contributed by atoms with Crippen LogP contribution < -0.4 is 5.32 Å². The van der Waals surface area contributed by atoms with E-state index in [1.165, 1.54) is 12.8 Å². The Morgan fingerprint density at radius 1 is 1.27 bits per heavy atom. The Kier molecular flexibility index (Phi) is 3.34. The fraction of sp³-hybridized carbons (Fsp3) is 1.00. The lowest BCUT2D eigenvalue weighted by molar-refractivity contribution is 0.0871. The molecule has 0 aromatic carbocycles. The van der Waals surface area contributed by atoms with Gasteiger partial charge in [-0.15, -0.1) is 0 Å². The lowest BCUT2D eigenvalue weighted by atomic mass is 9.92. The van der Waals surface area contributed by atoms with E-state index >= 15 is 0 Å². The van der Waals surface area contributed by atoms with Crippen LogP contribution in [0.4, 0.5) is 0 Å². The molecule has 0 heterocycles. The molecular weight excluding hydrogens is 138 g/mol. The Bertz CT molecular complexity index is 114. The zero-order chi connectivity index (χ0) is 8.27. The molecule has 2 N–H and O–H groups in total. The van der Waals surface area contributed by atoms with Gasteiger partial charge in [0.2, 0.25) is 0 Å². The van der Waals surface area contributed by atoms with Crippen molar-refractivity contribution >= 4 is 0 Å². The van der Waals surface area contributed by atoms with Gasteiger partial charge in [0.15, 0.2) is 0 Å². The van der Waals surface area contributed by atoms with Crippen molar-refractivity contribution in [3.63, 3.8) is 0 Å². The maximum atomic E-state index is 9.56. The van der Waals surface area contributed by atoms with Gasteiger partial charge in [0.1, 0.15) is 0 Å². The van der Waals surface area contributed by atoms with E-state index in [0.29, 0.717) is 12.1 Å². The maximum Gasteiger partial charge on any atom is 0.0693 e. The van der Waals surface area contributed by atoms with E-state index in [1.54, 1.807) is 0 Å². The van der Waals surface area contributed by atoms with Crippen molar-refractivity contribution in [2.45, 2.75) is 57.7 Å². The van der Waals surface area contributed by atoms with Crippen LogP contribution in [0.2, 0.25) is 0 Å². The van der Waals surface area contributed by atoms with Crippen molar-refractivity contribution < 1.29 is 5.11 Å². The first-order valence-electron chi connectivity index (χ1n) is 4.64. The van der Waals surface area contributed by atoms with Crippen LogP contribution in [0.5, 0.6) is 0 Å². The molecule has 1 aliphatic rings. The molecule has 2 nitrogen and oxygen atoms in total. The van der Waals surface area contributed by atoms with Crippen molar-refractivity contribution in [2.75, 3.05) is 0 Å². The van der Waals surface area contributed by atoms with E-state index in [4.69, 9.17) is 0 Å². The first kappa shape index (κ1) is 9.01. The van der Waals surface area contributed by atoms with Gasteiger partial charge in [0.25, 0.3) is 0 Å². The van der Waals surface area contributed by atoms with Crippen LogP contribution in [0.3, 0.4) is 0 Å². The minimum absolute atomic E-state index is 0.105. The average molecular weight is 157 g/mol. The van der Waals surface area contributed by atoms with Crippen molar-refractivity contribution in [2.24, 2.45) is 0 Å². The van der Waals surface area contributed by atoms with E-state index in [9.17, 15) is 5.11 Å². The minimum atomic E-state index is -0.105. The quantitative estimate of drug-likeness (QED) is 0.633. The van der Waals surface area contributed by atoms with Crippen LogP contribution in [0.15, 0.2) is 0 Å². The summed E-state index contributed by atoms with van der Waals surface area (Å²) in [6, 6.07) is 0.844. The zero-order valence-electron chi connectivity index (χ0n) is 7.51. The van der Waals surface area contributed by atoms with Crippen molar-refractivity contribution in [3.8, 4) is 0 Å². The van der Waals surface area contributed by atoms with Crippen LogP contribution >= 0.6 is 0 Å². The Balaban J connectivity index is 2.29. The molecule has 0 radical (unpaired) electrons. The second-order valence-corrected chi connectivity index (χ2v) is 3.78. The second-order valence-electron chi connectivity index (χ2n) is 3.78. The van der Waals surface area contributed by atoms with Gasteiger partial charge >= 0.3 is 0 Å². The third kappa shape index (κ3) is 2.80. The fourth-order valence-corrected chi connectivity index (χ4v) is 1.73. The highest BCUT2D eigenvalue weighted by molar-refractivity contribution is 4.81. The molecule has 0 bridgehead atoms. The lowest BCUT2D eigenvalue weighted by Crippen LogP contribution is -2.45. The molecule has 0 aliphatic heterocycles. The van der Waals surface area contributed by atoms with E-state index in [-0.39, 0.29) is 6.10 Å². The molecule has 1 rings (SSSR count). The summed E-state index contributed by atoms with van der Waals surface area (Å²) in [6.45, 7) is 4.25. The van der Waals surface area contributed by atoms with Crippen molar-refractivity contribution in [1.82, 2.24) is 5.32 Å². The summed E-state index contributed by atoms with van der Waals surface area (Å²) in [6.07, 6.45) is 4.47. The van der Waals surface area contributed by atoms with Gasteiger partial charge in [-0.2, -0.15) is 0 Å². The second kappa shape index (κ2) is 4.07. The number of hydrogen-bond donors (Lipinski definition) is 2. The first-order chi connectivity index (χ1) is 5.20. The zero-order valence-corrected chi connectivity index (χ0v) is 7.51. The Hall–Kier alpha value is -0.0800. The maximum absolute atomic E-state index is 9.56. The molecule has 0 aromatic rings. The molecule has 0 spiro atoms. The molecule has 2 atom stereocenters. The normalized spacial score (nSPS) is 32.7. The predicted molar refractivity (Wildman–Crippen MR) is 46.5 cm³/mol. The van der Waals surface area contributed by atoms with Crippen LogP contribution in [0, 0.1) is 0 Å². The van der Waals surface area contributed by atoms with Gasteiger partial charge in [-0.05, 0) is 12.8 Å². The number of hydrogen-bond acceptors (Lipinski definition) is 2. The summed E-state index contributed by atoms with van der Waals surface area (Å²) < 4.78 is 0. The summed E-state index contributed by atoms with van der Waals surface area (Å²) in [5.41, 5.74) is 0. The van der Waals surface area contributed by atoms with E-state index in [1.807, 2.05) is 0 Å². The molecule has 0 unspecified atom stereocenters. The van der Waals surface area contributed by atoms with E-state index in [2.05, 4.69) is 19.2 Å². The van der Waals surface area contributed by atoms with Crippen molar-refractivity contribution in [3.05, 3.63) is 0 Å².